The van der Waals surface area contributed by atoms with Gasteiger partial charge in [0.05, 0.1) is 12.2 Å². The summed E-state index contributed by atoms with van der Waals surface area (Å²) in [7, 11) is 0. The number of rotatable bonds is 7. The molecule has 1 aliphatic rings. The molecule has 0 aliphatic carbocycles. The molecule has 6 heteroatoms. The lowest BCUT2D eigenvalue weighted by atomic mass is 9.92. The van der Waals surface area contributed by atoms with Gasteiger partial charge in [-0.05, 0) is 75.0 Å². The Morgan fingerprint density at radius 3 is 2.67 bits per heavy atom. The monoisotopic (exact) mass is 391 g/mol. The molecule has 27 heavy (non-hydrogen) atoms. The number of anilines is 1. The lowest BCUT2D eigenvalue weighted by Gasteiger charge is -2.35. The van der Waals surface area contributed by atoms with Crippen LogP contribution in [0.5, 0.6) is 0 Å². The maximum Gasteiger partial charge on any atom is 0.338 e. The van der Waals surface area contributed by atoms with Crippen LogP contribution in [0.3, 0.4) is 0 Å². The van der Waals surface area contributed by atoms with E-state index in [0.29, 0.717) is 17.3 Å². The summed E-state index contributed by atoms with van der Waals surface area (Å²) in [5.74, 6) is 1.28. The molecule has 0 aromatic heterocycles. The lowest BCUT2D eigenvalue weighted by molar-refractivity contribution is 0.0525. The van der Waals surface area contributed by atoms with Crippen molar-refractivity contribution >= 4 is 29.0 Å². The lowest BCUT2D eigenvalue weighted by Crippen LogP contribution is -2.40. The predicted octanol–water partition coefficient (Wildman–Crippen LogP) is 3.83. The molecule has 1 fully saturated rings. The highest BCUT2D eigenvalue weighted by Gasteiger charge is 2.21. The average molecular weight is 392 g/mol. The van der Waals surface area contributed by atoms with Crippen LogP contribution in [0.2, 0.25) is 0 Å². The number of ether oxygens (including phenoxy) is 1. The fraction of sp³-hybridized carbons (Fsp3) is 0.619. The summed E-state index contributed by atoms with van der Waals surface area (Å²) in [6, 6.07) is 5.53. The molecule has 0 spiro atoms. The van der Waals surface area contributed by atoms with Gasteiger partial charge in [0.25, 0.3) is 0 Å². The molecule has 0 amide bonds. The summed E-state index contributed by atoms with van der Waals surface area (Å²) in [5, 5.41) is 7.05. The van der Waals surface area contributed by atoms with E-state index < -0.39 is 0 Å². The zero-order chi connectivity index (χ0) is 19.8. The van der Waals surface area contributed by atoms with Gasteiger partial charge in [-0.1, -0.05) is 19.9 Å². The highest BCUT2D eigenvalue weighted by Crippen LogP contribution is 2.21. The number of carbonyl (C=O) groups excluding carboxylic acids is 1. The summed E-state index contributed by atoms with van der Waals surface area (Å²) >= 11 is 5.41. The van der Waals surface area contributed by atoms with E-state index in [1.807, 2.05) is 19.1 Å². The second-order valence-electron chi connectivity index (χ2n) is 7.64. The van der Waals surface area contributed by atoms with Crippen molar-refractivity contribution in [1.29, 1.82) is 0 Å². The largest absolute Gasteiger partial charge is 0.462 e. The Hall–Kier alpha value is -1.66. The number of hydrogen-bond acceptors (Lipinski definition) is 4. The number of thiocarbonyl (C=S) groups is 1. The Labute approximate surface area is 168 Å². The maximum atomic E-state index is 12.0. The molecule has 1 saturated heterocycles. The first-order valence-electron chi connectivity index (χ1n) is 9.94. The van der Waals surface area contributed by atoms with E-state index in [1.54, 1.807) is 13.0 Å². The van der Waals surface area contributed by atoms with Gasteiger partial charge in [0, 0.05) is 25.3 Å². The molecule has 1 aromatic carbocycles. The van der Waals surface area contributed by atoms with E-state index in [9.17, 15) is 4.79 Å². The van der Waals surface area contributed by atoms with E-state index in [2.05, 4.69) is 29.4 Å². The highest BCUT2D eigenvalue weighted by molar-refractivity contribution is 7.80. The minimum absolute atomic E-state index is 0.303. The highest BCUT2D eigenvalue weighted by atomic mass is 32.1. The summed E-state index contributed by atoms with van der Waals surface area (Å²) in [4.78, 5) is 14.6. The number of piperidine rings is 1. The van der Waals surface area contributed by atoms with Crippen LogP contribution in [-0.2, 0) is 4.74 Å². The van der Waals surface area contributed by atoms with Crippen molar-refractivity contribution in [2.24, 2.45) is 11.8 Å². The molecule has 1 aromatic rings. The number of hydrogen-bond donors (Lipinski definition) is 2. The van der Waals surface area contributed by atoms with Gasteiger partial charge in [0.15, 0.2) is 5.11 Å². The quantitative estimate of drug-likeness (QED) is 0.419. The van der Waals surface area contributed by atoms with Crippen molar-refractivity contribution < 1.29 is 9.53 Å². The molecule has 0 saturated carbocycles. The Kier molecular flexibility index (Phi) is 8.51. The molecule has 2 unspecified atom stereocenters. The number of nitrogens with one attached hydrogen (secondary N) is 2. The van der Waals surface area contributed by atoms with Crippen LogP contribution < -0.4 is 10.6 Å². The van der Waals surface area contributed by atoms with Crippen LogP contribution in [0.25, 0.3) is 0 Å². The van der Waals surface area contributed by atoms with Crippen LogP contribution in [0.15, 0.2) is 18.2 Å². The summed E-state index contributed by atoms with van der Waals surface area (Å²) in [6.45, 7) is 13.1. The van der Waals surface area contributed by atoms with Gasteiger partial charge in [-0.3, -0.25) is 0 Å². The Morgan fingerprint density at radius 1 is 1.30 bits per heavy atom. The van der Waals surface area contributed by atoms with Crippen LogP contribution in [0, 0.1) is 18.8 Å². The maximum absolute atomic E-state index is 12.0. The number of benzene rings is 1. The molecule has 0 bridgehead atoms. The Morgan fingerprint density at radius 2 is 2.00 bits per heavy atom. The number of likely N-dealkylation sites (tertiary alicyclic amines) is 1. The van der Waals surface area contributed by atoms with Crippen molar-refractivity contribution in [2.75, 3.05) is 38.1 Å². The summed E-state index contributed by atoms with van der Waals surface area (Å²) in [5.41, 5.74) is 2.24. The number of nitrogens with zero attached hydrogens (tertiary/aromatic N) is 1. The molecule has 1 aliphatic heterocycles. The van der Waals surface area contributed by atoms with Crippen LogP contribution >= 0.6 is 12.2 Å². The smallest absolute Gasteiger partial charge is 0.338 e. The van der Waals surface area contributed by atoms with Gasteiger partial charge in [-0.25, -0.2) is 4.79 Å². The minimum atomic E-state index is -0.303. The molecular weight excluding hydrogens is 358 g/mol. The molecule has 2 N–H and O–H groups in total. The van der Waals surface area contributed by atoms with Gasteiger partial charge in [-0.15, -0.1) is 0 Å². The van der Waals surface area contributed by atoms with Gasteiger partial charge in [-0.2, -0.15) is 0 Å². The SMILES string of the molecule is CCOC(=O)c1cccc(NC(=S)NCCCN2CC(C)CC(C)C2)c1C. The van der Waals surface area contributed by atoms with E-state index in [4.69, 9.17) is 17.0 Å². The van der Waals surface area contributed by atoms with Crippen molar-refractivity contribution in [1.82, 2.24) is 10.2 Å². The van der Waals surface area contributed by atoms with Crippen molar-refractivity contribution in [3.63, 3.8) is 0 Å². The van der Waals surface area contributed by atoms with Crippen LogP contribution in [-0.4, -0.2) is 48.8 Å². The van der Waals surface area contributed by atoms with Crippen LogP contribution in [0.1, 0.15) is 49.5 Å². The van der Waals surface area contributed by atoms with Gasteiger partial charge >= 0.3 is 5.97 Å². The second-order valence-corrected chi connectivity index (χ2v) is 8.05. The first-order valence-corrected chi connectivity index (χ1v) is 10.4. The molecule has 0 radical (unpaired) electrons. The Bertz CT molecular complexity index is 640. The second kappa shape index (κ2) is 10.6. The average Bonchev–Trinajstić information content (AvgIpc) is 2.60. The van der Waals surface area contributed by atoms with Gasteiger partial charge < -0.3 is 20.3 Å². The third-order valence-electron chi connectivity index (χ3n) is 4.96. The zero-order valence-corrected chi connectivity index (χ0v) is 17.8. The predicted molar refractivity (Wildman–Crippen MR) is 115 cm³/mol. The molecule has 2 rings (SSSR count). The number of carbonyl (C=O) groups is 1. The normalized spacial score (nSPS) is 20.1. The van der Waals surface area contributed by atoms with E-state index in [1.165, 1.54) is 19.5 Å². The van der Waals surface area contributed by atoms with Crippen LogP contribution in [0.4, 0.5) is 5.69 Å². The standard InChI is InChI=1S/C21H33N3O2S/c1-5-26-20(25)18-8-6-9-19(17(18)4)23-21(27)22-10-7-11-24-13-15(2)12-16(3)14-24/h6,8-9,15-16H,5,7,10-14H2,1-4H3,(H2,22,23,27). The van der Waals surface area contributed by atoms with E-state index >= 15 is 0 Å². The third kappa shape index (κ3) is 6.78. The minimum Gasteiger partial charge on any atom is -0.462 e. The topological polar surface area (TPSA) is 53.6 Å². The fourth-order valence-corrected chi connectivity index (χ4v) is 4.06. The van der Waals surface area contributed by atoms with Crippen molar-refractivity contribution in [3.05, 3.63) is 29.3 Å². The number of esters is 1. The molecular formula is C21H33N3O2S. The first kappa shape index (κ1) is 21.6. The molecule has 150 valence electrons. The first-order chi connectivity index (χ1) is 12.9. The molecule has 5 nitrogen and oxygen atoms in total. The molecule has 2 atom stereocenters. The van der Waals surface area contributed by atoms with Gasteiger partial charge in [0.1, 0.15) is 0 Å². The Balaban J connectivity index is 1.77. The van der Waals surface area contributed by atoms with E-state index in [0.717, 1.165) is 42.6 Å². The third-order valence-corrected chi connectivity index (χ3v) is 5.20. The van der Waals surface area contributed by atoms with Gasteiger partial charge in [0.2, 0.25) is 0 Å². The zero-order valence-electron chi connectivity index (χ0n) is 17.0. The van der Waals surface area contributed by atoms with Crippen molar-refractivity contribution in [3.8, 4) is 0 Å². The van der Waals surface area contributed by atoms with E-state index in [-0.39, 0.29) is 5.97 Å². The summed E-state index contributed by atoms with van der Waals surface area (Å²) in [6.07, 6.45) is 2.40. The van der Waals surface area contributed by atoms with Crippen molar-refractivity contribution in [2.45, 2.75) is 40.5 Å². The molecule has 1 heterocycles. The fourth-order valence-electron chi connectivity index (χ4n) is 3.85. The summed E-state index contributed by atoms with van der Waals surface area (Å²) < 4.78 is 5.10.